The van der Waals surface area contributed by atoms with Crippen LogP contribution in [-0.4, -0.2) is 279 Å². The number of fused-ring (bicyclic) bond motifs is 5. The minimum Gasteiger partial charge on any atom is -0.382 e. The number of ketones is 5. The van der Waals surface area contributed by atoms with Gasteiger partial charge in [-0.05, 0) is 27.7 Å². The number of nitrogen functional groups attached to an aromatic ring is 5. The van der Waals surface area contributed by atoms with E-state index in [1.807, 2.05) is 0 Å². The van der Waals surface area contributed by atoms with Gasteiger partial charge < -0.3 is 105 Å². The molecule has 0 saturated carbocycles. The Kier molecular flexibility index (Phi) is 32.9. The lowest BCUT2D eigenvalue weighted by Crippen LogP contribution is -2.40. The van der Waals surface area contributed by atoms with Gasteiger partial charge in [-0.2, -0.15) is 0 Å². The number of imidazole rings is 5. The van der Waals surface area contributed by atoms with Crippen LogP contribution in [0.3, 0.4) is 0 Å². The fourth-order valence-corrected chi connectivity index (χ4v) is 9.94. The molecule has 107 heavy (non-hydrogen) atoms. The minimum absolute atomic E-state index is 0. The van der Waals surface area contributed by atoms with Crippen LogP contribution in [0.5, 0.6) is 0 Å². The third-order valence-electron chi connectivity index (χ3n) is 14.8. The van der Waals surface area contributed by atoms with Crippen LogP contribution in [0.15, 0.2) is 63.3 Å². The second-order valence-electron chi connectivity index (χ2n) is 23.2. The maximum Gasteiger partial charge on any atom is 0.243 e. The highest BCUT2D eigenvalue weighted by molar-refractivity contribution is 5.91. The average Bonchev–Trinajstić information content (AvgIpc) is 1.71. The van der Waals surface area contributed by atoms with Crippen molar-refractivity contribution >= 4 is 143 Å². The topological polar surface area (TPSA) is 665 Å². The van der Waals surface area contributed by atoms with Crippen molar-refractivity contribution in [1.82, 2.24) is 122 Å². The van der Waals surface area contributed by atoms with E-state index >= 15 is 0 Å². The Morgan fingerprint density at radius 3 is 0.636 bits per heavy atom. The van der Waals surface area contributed by atoms with Crippen molar-refractivity contribution in [2.75, 3.05) is 127 Å². The lowest BCUT2D eigenvalue weighted by molar-refractivity contribution is -0.135. The fraction of sp³-hybridized carbons (Fsp3) is 0.435. The molecule has 0 aliphatic heterocycles. The highest BCUT2D eigenvalue weighted by atomic mass is 16.2. The number of carbonyl (C=O) groups excluding carboxylic acids is 10. The van der Waals surface area contributed by atoms with E-state index in [1.165, 1.54) is 115 Å². The van der Waals surface area contributed by atoms with Gasteiger partial charge in [-0.1, -0.05) is 14.4 Å². The number of nitrogens with zero attached hydrogens (tertiary/aromatic N) is 25. The molecule has 45 nitrogen and oxygen atoms in total. The van der Waals surface area contributed by atoms with Gasteiger partial charge in [-0.25, -0.2) is 74.8 Å². The van der Waals surface area contributed by atoms with Gasteiger partial charge in [0.05, 0.1) is 64.4 Å². The second-order valence-corrected chi connectivity index (χ2v) is 23.2. The summed E-state index contributed by atoms with van der Waals surface area (Å²) in [6.07, 6.45) is 14.3. The molecule has 0 spiro atoms. The van der Waals surface area contributed by atoms with Gasteiger partial charge >= 0.3 is 0 Å². The molecule has 20 N–H and O–H groups in total. The number of rotatable bonds is 31. The molecule has 0 bridgehead atoms. The van der Waals surface area contributed by atoms with E-state index in [4.69, 9.17) is 57.3 Å². The van der Waals surface area contributed by atoms with Crippen molar-refractivity contribution < 1.29 is 47.9 Å². The summed E-state index contributed by atoms with van der Waals surface area (Å²) in [5, 5.41) is 0. The van der Waals surface area contributed by atoms with Gasteiger partial charge in [-0.3, -0.25) is 47.9 Å². The number of hydrogen-bond acceptors (Lipinski definition) is 35. The second kappa shape index (κ2) is 41.5. The third kappa shape index (κ3) is 24.2. The SMILES string of the molecule is C.CC(=O)CN(CCN)C(=O)Cn1cnc2c(N)ncnc21.CC(=O)CN(CCN)C(=O)Cn1cnc2c(N)ncnc21.CC(=O)CN(CCN)C(=O)Cn1cnc2c(N)ncnc21.CC(=O)CN(CCN)C(=O)Cn1cnc2c(N)ncnc21.CCC(=O)CN(CCN)C(=O)Cn1cnc2c(N)ncnc21. The van der Waals surface area contributed by atoms with E-state index in [1.54, 1.807) is 29.8 Å². The smallest absolute Gasteiger partial charge is 0.243 e. The first-order chi connectivity index (χ1) is 50.7. The number of nitrogens with two attached hydrogens (primary N) is 10. The molecule has 0 saturated heterocycles. The zero-order valence-corrected chi connectivity index (χ0v) is 59.2. The Bertz CT molecular complexity index is 4240. The summed E-state index contributed by atoms with van der Waals surface area (Å²) in [4.78, 5) is 185. The van der Waals surface area contributed by atoms with Crippen LogP contribution in [0.2, 0.25) is 0 Å². The Morgan fingerprint density at radius 1 is 0.299 bits per heavy atom. The molecule has 0 aliphatic carbocycles. The maximum absolute atomic E-state index is 12.4. The first-order valence-corrected chi connectivity index (χ1v) is 32.6. The molecule has 45 heteroatoms. The summed E-state index contributed by atoms with van der Waals surface area (Å²) in [6, 6.07) is 0. The molecule has 10 aromatic rings. The van der Waals surface area contributed by atoms with Crippen molar-refractivity contribution in [3.63, 3.8) is 0 Å². The van der Waals surface area contributed by atoms with Crippen molar-refractivity contribution in [3.8, 4) is 0 Å². The summed E-state index contributed by atoms with van der Waals surface area (Å²) in [5.41, 5.74) is 60.5. The van der Waals surface area contributed by atoms with Crippen molar-refractivity contribution in [2.45, 2.75) is 81.2 Å². The van der Waals surface area contributed by atoms with Crippen molar-refractivity contribution in [1.29, 1.82) is 0 Å². The third-order valence-corrected chi connectivity index (χ3v) is 14.8. The summed E-state index contributed by atoms with van der Waals surface area (Å²) in [6.45, 7) is 10.8. The monoisotopic (exact) mass is 1490 g/mol. The lowest BCUT2D eigenvalue weighted by atomic mass is 10.3. The predicted molar refractivity (Wildman–Crippen MR) is 392 cm³/mol. The fourth-order valence-electron chi connectivity index (χ4n) is 9.94. The van der Waals surface area contributed by atoms with Crippen LogP contribution >= 0.6 is 0 Å². The molecule has 10 aromatic heterocycles. The summed E-state index contributed by atoms with van der Waals surface area (Å²) < 4.78 is 7.85. The van der Waals surface area contributed by atoms with Gasteiger partial charge in [0.25, 0.3) is 0 Å². The van der Waals surface area contributed by atoms with Crippen LogP contribution in [0, 0.1) is 0 Å². The molecule has 574 valence electrons. The minimum atomic E-state index is -0.230. The Hall–Kier alpha value is -12.8. The molecular weight excluding hydrogens is 1390 g/mol. The number of Topliss-reactive ketones (excluding diaryl/α,β-unsaturated/α-hetero) is 5. The Balaban J connectivity index is 0.000000239. The molecule has 10 rings (SSSR count). The van der Waals surface area contributed by atoms with Crippen molar-refractivity contribution in [3.05, 3.63) is 63.3 Å². The van der Waals surface area contributed by atoms with Crippen LogP contribution in [0.4, 0.5) is 29.1 Å². The molecule has 0 radical (unpaired) electrons. The predicted octanol–water partition coefficient (Wildman–Crippen LogP) is -5.05. The van der Waals surface area contributed by atoms with Gasteiger partial charge in [0, 0.05) is 71.9 Å². The summed E-state index contributed by atoms with van der Waals surface area (Å²) >= 11 is 0. The zero-order valence-electron chi connectivity index (χ0n) is 59.2. The first kappa shape index (κ1) is 84.9. The van der Waals surface area contributed by atoms with E-state index in [0.29, 0.717) is 128 Å². The van der Waals surface area contributed by atoms with Gasteiger partial charge in [0.2, 0.25) is 29.5 Å². The van der Waals surface area contributed by atoms with E-state index in [0.717, 1.165) is 0 Å². The molecular formula is C62H91N35O10. The van der Waals surface area contributed by atoms with E-state index in [9.17, 15) is 47.9 Å². The highest BCUT2D eigenvalue weighted by Crippen LogP contribution is 2.19. The number of amides is 5. The number of hydrogen-bond donors (Lipinski definition) is 10. The van der Waals surface area contributed by atoms with Crippen LogP contribution in [-0.2, 0) is 80.7 Å². The normalized spacial score (nSPS) is 10.7. The summed E-state index contributed by atoms with van der Waals surface area (Å²) in [7, 11) is 0. The molecule has 5 amide bonds. The number of carbonyl (C=O) groups is 10. The zero-order chi connectivity index (χ0) is 77.7. The van der Waals surface area contributed by atoms with Crippen LogP contribution < -0.4 is 57.3 Å². The van der Waals surface area contributed by atoms with Crippen LogP contribution in [0.1, 0.15) is 48.5 Å². The van der Waals surface area contributed by atoms with E-state index in [-0.39, 0.29) is 160 Å². The highest BCUT2D eigenvalue weighted by Gasteiger charge is 2.24. The number of anilines is 5. The maximum atomic E-state index is 12.4. The quantitative estimate of drug-likeness (QED) is 0.0194. The van der Waals surface area contributed by atoms with Gasteiger partial charge in [0.1, 0.15) is 115 Å². The van der Waals surface area contributed by atoms with E-state index < -0.39 is 0 Å². The summed E-state index contributed by atoms with van der Waals surface area (Å²) in [5.74, 6) is -0.247. The molecule has 0 atom stereocenters. The number of aromatic nitrogens is 20. The molecule has 0 unspecified atom stereocenters. The lowest BCUT2D eigenvalue weighted by Gasteiger charge is -2.21. The Morgan fingerprint density at radius 2 is 0.477 bits per heavy atom. The molecule has 0 fully saturated rings. The van der Waals surface area contributed by atoms with Gasteiger partial charge in [-0.15, -0.1) is 0 Å². The largest absolute Gasteiger partial charge is 0.382 e. The standard InChI is InChI=1S/C13H19N7O2.4C12H17N7O2.CH4/c1-2-9(21)5-19(4-3-14)10(22)6-20-8-18-11-12(15)16-7-17-13(11)20;4*1-8(20)4-18(3-2-13)9(21)5-19-7-17-10-11(14)15-6-16-12(10)19;/h7-8H,2-6,14H2,1H3,(H2,15,16,17);4*6-7H,2-5,13H2,1H3,(H2,14,15,16);1H4. The van der Waals surface area contributed by atoms with E-state index in [2.05, 4.69) is 74.8 Å². The average molecular weight is 1490 g/mol. The molecule has 10 heterocycles. The first-order valence-electron chi connectivity index (χ1n) is 32.6. The molecule has 0 aromatic carbocycles. The molecule has 0 aliphatic rings. The van der Waals surface area contributed by atoms with Crippen molar-refractivity contribution in [2.24, 2.45) is 28.7 Å². The Labute approximate surface area is 611 Å². The van der Waals surface area contributed by atoms with Crippen LogP contribution in [0.25, 0.3) is 55.8 Å². The van der Waals surface area contributed by atoms with Gasteiger partial charge in [0.15, 0.2) is 63.1 Å².